The summed E-state index contributed by atoms with van der Waals surface area (Å²) in [6, 6.07) is 4.07. The number of aryl methyl sites for hydroxylation is 1. The summed E-state index contributed by atoms with van der Waals surface area (Å²) >= 11 is 0. The maximum Gasteiger partial charge on any atom is 0.253 e. The second-order valence-corrected chi connectivity index (χ2v) is 9.07. The highest BCUT2D eigenvalue weighted by Gasteiger charge is 2.45. The summed E-state index contributed by atoms with van der Waals surface area (Å²) in [4.78, 5) is 25.7. The van der Waals surface area contributed by atoms with Crippen molar-refractivity contribution >= 4 is 5.91 Å². The van der Waals surface area contributed by atoms with Crippen LogP contribution < -0.4 is 10.1 Å². The van der Waals surface area contributed by atoms with Crippen LogP contribution >= 0.6 is 0 Å². The third-order valence-electron chi connectivity index (χ3n) is 7.08. The fourth-order valence-electron chi connectivity index (χ4n) is 5.29. The first-order chi connectivity index (χ1) is 15.7. The number of pyridine rings is 2. The summed E-state index contributed by atoms with van der Waals surface area (Å²) in [5.41, 5.74) is 8.24. The van der Waals surface area contributed by atoms with Crippen LogP contribution in [0.1, 0.15) is 46.4 Å². The van der Waals surface area contributed by atoms with Gasteiger partial charge in [-0.05, 0) is 55.4 Å². The Morgan fingerprint density at radius 2 is 2.03 bits per heavy atom. The van der Waals surface area contributed by atoms with Crippen LogP contribution in [0.15, 0.2) is 30.7 Å². The summed E-state index contributed by atoms with van der Waals surface area (Å²) in [6.07, 6.45) is 11.4. The molecule has 2 N–H and O–H groups in total. The Kier molecular flexibility index (Phi) is 4.54. The van der Waals surface area contributed by atoms with Gasteiger partial charge in [-0.2, -0.15) is 0 Å². The van der Waals surface area contributed by atoms with E-state index in [-0.39, 0.29) is 11.4 Å². The molecule has 4 heterocycles. The largest absolute Gasteiger partial charge is 0.490 e. The van der Waals surface area contributed by atoms with E-state index in [1.807, 2.05) is 12.3 Å². The zero-order valence-electron chi connectivity index (χ0n) is 18.2. The van der Waals surface area contributed by atoms with Gasteiger partial charge >= 0.3 is 0 Å². The van der Waals surface area contributed by atoms with E-state index < -0.39 is 0 Å². The molecule has 7 heteroatoms. The van der Waals surface area contributed by atoms with Crippen molar-refractivity contribution in [1.29, 1.82) is 0 Å². The number of carbonyl (C=O) groups is 1. The van der Waals surface area contributed by atoms with Crippen LogP contribution in [-0.2, 0) is 24.0 Å². The summed E-state index contributed by atoms with van der Waals surface area (Å²) < 4.78 is 10.8. The van der Waals surface area contributed by atoms with Crippen molar-refractivity contribution < 1.29 is 14.3 Å². The van der Waals surface area contributed by atoms with E-state index in [2.05, 4.69) is 21.4 Å². The van der Waals surface area contributed by atoms with E-state index >= 15 is 0 Å². The van der Waals surface area contributed by atoms with Gasteiger partial charge in [-0.1, -0.05) is 0 Å². The number of nitrogens with one attached hydrogen (secondary N) is 2. The zero-order chi connectivity index (χ0) is 21.7. The van der Waals surface area contributed by atoms with Crippen LogP contribution in [-0.4, -0.2) is 46.7 Å². The molecule has 164 valence electrons. The number of aromatic amines is 1. The Morgan fingerprint density at radius 3 is 2.84 bits per heavy atom. The van der Waals surface area contributed by atoms with Crippen molar-refractivity contribution in [3.8, 4) is 28.3 Å². The summed E-state index contributed by atoms with van der Waals surface area (Å²) in [7, 11) is 1.65. The minimum atomic E-state index is -0.0291. The second kappa shape index (κ2) is 7.45. The average molecular weight is 431 g/mol. The van der Waals surface area contributed by atoms with Crippen LogP contribution in [0.3, 0.4) is 0 Å². The second-order valence-electron chi connectivity index (χ2n) is 9.07. The van der Waals surface area contributed by atoms with Crippen molar-refractivity contribution in [1.82, 2.24) is 20.3 Å². The Morgan fingerprint density at radius 1 is 1.12 bits per heavy atom. The number of hydrogen-bond acceptors (Lipinski definition) is 5. The molecule has 0 saturated heterocycles. The van der Waals surface area contributed by atoms with Gasteiger partial charge in [0.05, 0.1) is 29.8 Å². The molecule has 0 unspecified atom stereocenters. The van der Waals surface area contributed by atoms with E-state index in [4.69, 9.17) is 14.5 Å². The fourth-order valence-corrected chi connectivity index (χ4v) is 5.29. The van der Waals surface area contributed by atoms with Crippen molar-refractivity contribution in [2.45, 2.75) is 44.1 Å². The summed E-state index contributed by atoms with van der Waals surface area (Å²) in [6.45, 7) is 0.997. The molecule has 0 radical (unpaired) electrons. The molecule has 1 saturated carbocycles. The molecule has 3 aromatic rings. The predicted octanol–water partition coefficient (Wildman–Crippen LogP) is 3.47. The van der Waals surface area contributed by atoms with E-state index in [9.17, 15) is 4.79 Å². The van der Waals surface area contributed by atoms with Gasteiger partial charge in [-0.15, -0.1) is 0 Å². The Balaban J connectivity index is 1.37. The predicted molar refractivity (Wildman–Crippen MR) is 120 cm³/mol. The monoisotopic (exact) mass is 430 g/mol. The Hall–Kier alpha value is -3.19. The molecule has 1 fully saturated rings. The molecule has 3 aliphatic rings. The number of ether oxygens (including phenoxy) is 2. The number of amides is 1. The molecule has 1 aliphatic heterocycles. The normalized spacial score (nSPS) is 17.7. The van der Waals surface area contributed by atoms with Crippen molar-refractivity contribution in [3.63, 3.8) is 0 Å². The number of aromatic nitrogens is 3. The smallest absolute Gasteiger partial charge is 0.253 e. The highest BCUT2D eigenvalue weighted by atomic mass is 16.5. The van der Waals surface area contributed by atoms with Gasteiger partial charge in [0, 0.05) is 48.3 Å². The lowest BCUT2D eigenvalue weighted by molar-refractivity contribution is 0.0793. The van der Waals surface area contributed by atoms with Crippen LogP contribution in [0.25, 0.3) is 22.5 Å². The van der Waals surface area contributed by atoms with E-state index in [0.29, 0.717) is 19.0 Å². The van der Waals surface area contributed by atoms with Crippen molar-refractivity contribution in [2.75, 3.05) is 20.3 Å². The first-order valence-electron chi connectivity index (χ1n) is 11.3. The van der Waals surface area contributed by atoms with Gasteiger partial charge in [0.2, 0.25) is 0 Å². The van der Waals surface area contributed by atoms with Gasteiger partial charge in [0.15, 0.2) is 0 Å². The molecule has 0 bridgehead atoms. The lowest BCUT2D eigenvalue weighted by Crippen LogP contribution is -2.57. The average Bonchev–Trinajstić information content (AvgIpc) is 3.17. The van der Waals surface area contributed by atoms with Crippen molar-refractivity contribution in [3.05, 3.63) is 53.1 Å². The third kappa shape index (κ3) is 3.11. The minimum absolute atomic E-state index is 0.0291. The van der Waals surface area contributed by atoms with Gasteiger partial charge < -0.3 is 19.8 Å². The third-order valence-corrected chi connectivity index (χ3v) is 7.08. The summed E-state index contributed by atoms with van der Waals surface area (Å²) in [5, 5.41) is 3.31. The number of rotatable bonds is 5. The standard InChI is InChI=1S/C25H26N4O3/c1-31-7-8-32-17-9-16(12-26-14-17)20-10-19-15(13-27-20)3-4-18-22-21(28-23(18)19)11-25(5-2-6-25)29-24(22)30/h9-10,12-14,28H,2-8,11H2,1H3,(H,29,30). The lowest BCUT2D eigenvalue weighted by atomic mass is 9.71. The molecule has 1 spiro atoms. The van der Waals surface area contributed by atoms with Gasteiger partial charge in [-0.25, -0.2) is 0 Å². The minimum Gasteiger partial charge on any atom is -0.490 e. The highest BCUT2D eigenvalue weighted by molar-refractivity contribution is 6.01. The van der Waals surface area contributed by atoms with E-state index in [1.54, 1.807) is 19.5 Å². The Labute approximate surface area is 186 Å². The zero-order valence-corrected chi connectivity index (χ0v) is 18.2. The number of methoxy groups -OCH3 is 1. The SMILES string of the molecule is COCCOc1cncc(-c2cc3c(cn2)CCc2c-3[nH]c3c2C(=O)NC2(CCC2)C3)c1. The molecule has 0 atom stereocenters. The fraction of sp³-hybridized carbons (Fsp3) is 0.400. The molecule has 3 aromatic heterocycles. The van der Waals surface area contributed by atoms with Gasteiger partial charge in [0.25, 0.3) is 5.91 Å². The van der Waals surface area contributed by atoms with Crippen LogP contribution in [0.4, 0.5) is 0 Å². The van der Waals surface area contributed by atoms with Gasteiger partial charge in [0.1, 0.15) is 12.4 Å². The van der Waals surface area contributed by atoms with Crippen LogP contribution in [0.2, 0.25) is 0 Å². The number of carbonyl (C=O) groups excluding carboxylic acids is 1. The number of fused-ring (bicyclic) bond motifs is 5. The topological polar surface area (TPSA) is 89.1 Å². The molecule has 0 aromatic carbocycles. The number of hydrogen-bond donors (Lipinski definition) is 2. The molecule has 6 rings (SSSR count). The molecule has 1 amide bonds. The van der Waals surface area contributed by atoms with E-state index in [0.717, 1.165) is 71.4 Å². The molecule has 2 aliphatic carbocycles. The summed E-state index contributed by atoms with van der Waals surface area (Å²) in [5.74, 6) is 0.781. The molecular weight excluding hydrogens is 404 g/mol. The molecular formula is C25H26N4O3. The first kappa shape index (κ1) is 19.5. The quantitative estimate of drug-likeness (QED) is 0.605. The van der Waals surface area contributed by atoms with Crippen LogP contribution in [0, 0.1) is 0 Å². The van der Waals surface area contributed by atoms with Crippen LogP contribution in [0.5, 0.6) is 5.75 Å². The molecule has 32 heavy (non-hydrogen) atoms. The van der Waals surface area contributed by atoms with Crippen molar-refractivity contribution in [2.24, 2.45) is 0 Å². The van der Waals surface area contributed by atoms with E-state index in [1.165, 1.54) is 12.0 Å². The number of nitrogens with zero attached hydrogens (tertiary/aromatic N) is 2. The molecule has 7 nitrogen and oxygen atoms in total. The van der Waals surface area contributed by atoms with Gasteiger partial charge in [-0.3, -0.25) is 14.8 Å². The lowest BCUT2D eigenvalue weighted by Gasteiger charge is -2.45. The highest BCUT2D eigenvalue weighted by Crippen LogP contribution is 2.43. The first-order valence-corrected chi connectivity index (χ1v) is 11.3. The number of H-pyrrole nitrogens is 1. The Bertz CT molecular complexity index is 1210. The maximum absolute atomic E-state index is 13.0. The maximum atomic E-state index is 13.0.